The Morgan fingerprint density at radius 3 is 2.69 bits per heavy atom. The smallest absolute Gasteiger partial charge is 0.233 e. The SMILES string of the molecule is CCN(C(=O)CSc1nnc(-c2ccc(Cl)cc2)n1CC1CCCO1)C1CCS(=O)(=O)C1. The minimum Gasteiger partial charge on any atom is -0.376 e. The Bertz CT molecular complexity index is 1050. The van der Waals surface area contributed by atoms with Crippen molar-refractivity contribution < 1.29 is 17.9 Å². The summed E-state index contributed by atoms with van der Waals surface area (Å²) in [5, 5.41) is 10.0. The van der Waals surface area contributed by atoms with Gasteiger partial charge >= 0.3 is 0 Å². The second-order valence-electron chi connectivity index (χ2n) is 8.08. The van der Waals surface area contributed by atoms with Crippen molar-refractivity contribution in [1.29, 1.82) is 0 Å². The fourth-order valence-electron chi connectivity index (χ4n) is 4.23. The van der Waals surface area contributed by atoms with Gasteiger partial charge in [-0.3, -0.25) is 9.36 Å². The molecule has 11 heteroatoms. The first-order chi connectivity index (χ1) is 15.4. The summed E-state index contributed by atoms with van der Waals surface area (Å²) >= 11 is 7.36. The fourth-order valence-corrected chi connectivity index (χ4v) is 6.92. The van der Waals surface area contributed by atoms with Gasteiger partial charge in [0.2, 0.25) is 5.91 Å². The summed E-state index contributed by atoms with van der Waals surface area (Å²) in [7, 11) is -3.05. The zero-order valence-electron chi connectivity index (χ0n) is 17.9. The van der Waals surface area contributed by atoms with Gasteiger partial charge in [0.05, 0.1) is 29.9 Å². The molecule has 2 saturated heterocycles. The lowest BCUT2D eigenvalue weighted by Crippen LogP contribution is -2.42. The summed E-state index contributed by atoms with van der Waals surface area (Å²) in [5.41, 5.74) is 0.893. The predicted octanol–water partition coefficient (Wildman–Crippen LogP) is 2.91. The second kappa shape index (κ2) is 10.1. The number of aromatic nitrogens is 3. The number of halogens is 1. The lowest BCUT2D eigenvalue weighted by atomic mass is 10.2. The van der Waals surface area contributed by atoms with E-state index in [0.717, 1.165) is 25.0 Å². The molecule has 0 aliphatic carbocycles. The van der Waals surface area contributed by atoms with Crippen molar-refractivity contribution in [3.8, 4) is 11.4 Å². The third kappa shape index (κ3) is 5.47. The van der Waals surface area contributed by atoms with Crippen molar-refractivity contribution in [3.05, 3.63) is 29.3 Å². The third-order valence-electron chi connectivity index (χ3n) is 5.86. The van der Waals surface area contributed by atoms with Crippen LogP contribution in [0.15, 0.2) is 29.4 Å². The molecule has 1 aromatic carbocycles. The molecule has 1 aromatic heterocycles. The van der Waals surface area contributed by atoms with E-state index in [9.17, 15) is 13.2 Å². The average molecular weight is 499 g/mol. The molecule has 1 amide bonds. The molecular formula is C21H27ClN4O4S2. The number of sulfone groups is 1. The number of amides is 1. The molecule has 2 unspecified atom stereocenters. The maximum atomic E-state index is 12.9. The van der Waals surface area contributed by atoms with Crippen LogP contribution in [0.1, 0.15) is 26.2 Å². The van der Waals surface area contributed by atoms with E-state index in [-0.39, 0.29) is 35.3 Å². The van der Waals surface area contributed by atoms with Gasteiger partial charge in [-0.15, -0.1) is 10.2 Å². The summed E-state index contributed by atoms with van der Waals surface area (Å²) < 4.78 is 31.5. The normalized spacial score (nSPS) is 22.3. The number of thioether (sulfide) groups is 1. The van der Waals surface area contributed by atoms with Gasteiger partial charge in [-0.1, -0.05) is 23.4 Å². The van der Waals surface area contributed by atoms with Crippen molar-refractivity contribution in [2.45, 2.75) is 50.0 Å². The van der Waals surface area contributed by atoms with Crippen LogP contribution in [0.5, 0.6) is 0 Å². The molecule has 0 saturated carbocycles. The highest BCUT2D eigenvalue weighted by Gasteiger charge is 2.34. The van der Waals surface area contributed by atoms with Crippen molar-refractivity contribution in [2.75, 3.05) is 30.4 Å². The zero-order valence-corrected chi connectivity index (χ0v) is 20.3. The van der Waals surface area contributed by atoms with Crippen LogP contribution in [0.2, 0.25) is 5.02 Å². The van der Waals surface area contributed by atoms with Crippen molar-refractivity contribution in [3.63, 3.8) is 0 Å². The van der Waals surface area contributed by atoms with Crippen molar-refractivity contribution in [1.82, 2.24) is 19.7 Å². The Morgan fingerprint density at radius 1 is 1.28 bits per heavy atom. The first-order valence-electron chi connectivity index (χ1n) is 10.8. The summed E-state index contributed by atoms with van der Waals surface area (Å²) in [6.45, 7) is 3.73. The zero-order chi connectivity index (χ0) is 22.7. The number of nitrogens with zero attached hydrogens (tertiary/aromatic N) is 4. The number of rotatable bonds is 8. The van der Waals surface area contributed by atoms with Crippen LogP contribution in [-0.4, -0.2) is 76.5 Å². The average Bonchev–Trinajstić information content (AvgIpc) is 3.49. The highest BCUT2D eigenvalue weighted by Crippen LogP contribution is 2.28. The van der Waals surface area contributed by atoms with E-state index < -0.39 is 9.84 Å². The van der Waals surface area contributed by atoms with Crippen molar-refractivity contribution >= 4 is 39.1 Å². The van der Waals surface area contributed by atoms with Gasteiger partial charge in [0, 0.05) is 29.8 Å². The fraction of sp³-hybridized carbons (Fsp3) is 0.571. The van der Waals surface area contributed by atoms with Crippen LogP contribution >= 0.6 is 23.4 Å². The van der Waals surface area contributed by atoms with Crippen LogP contribution in [-0.2, 0) is 25.9 Å². The van der Waals surface area contributed by atoms with Gasteiger partial charge in [-0.25, -0.2) is 8.42 Å². The maximum absolute atomic E-state index is 12.9. The Morgan fingerprint density at radius 2 is 2.06 bits per heavy atom. The molecule has 3 heterocycles. The summed E-state index contributed by atoms with van der Waals surface area (Å²) in [6.07, 6.45) is 2.59. The minimum absolute atomic E-state index is 0.0488. The molecule has 2 aromatic rings. The number of carbonyl (C=O) groups excluding carboxylic acids is 1. The number of ether oxygens (including phenoxy) is 1. The Labute approximate surface area is 197 Å². The third-order valence-corrected chi connectivity index (χ3v) is 8.82. The highest BCUT2D eigenvalue weighted by atomic mass is 35.5. The molecule has 0 spiro atoms. The number of hydrogen-bond donors (Lipinski definition) is 0. The quantitative estimate of drug-likeness (QED) is 0.516. The molecule has 32 heavy (non-hydrogen) atoms. The molecule has 0 N–H and O–H groups in total. The molecule has 2 atom stereocenters. The van der Waals surface area contributed by atoms with Crippen molar-refractivity contribution in [2.24, 2.45) is 0 Å². The summed E-state index contributed by atoms with van der Waals surface area (Å²) in [5.74, 6) is 0.997. The van der Waals surface area contributed by atoms with Gasteiger partial charge < -0.3 is 9.64 Å². The molecular weight excluding hydrogens is 472 g/mol. The predicted molar refractivity (Wildman–Crippen MR) is 125 cm³/mol. The Kier molecular flexibility index (Phi) is 7.44. The minimum atomic E-state index is -3.05. The standard InChI is InChI=1S/C21H27ClN4O4S2/c1-2-25(17-9-11-32(28,29)14-17)19(27)13-31-21-24-23-20(15-5-7-16(22)8-6-15)26(21)12-18-4-3-10-30-18/h5-8,17-18H,2-4,9-14H2,1H3. The van der Waals surface area contributed by atoms with E-state index in [0.29, 0.717) is 35.5 Å². The molecule has 174 valence electrons. The molecule has 0 radical (unpaired) electrons. The Balaban J connectivity index is 1.51. The van der Waals surface area contributed by atoms with E-state index in [2.05, 4.69) is 10.2 Å². The summed E-state index contributed by atoms with van der Waals surface area (Å²) in [4.78, 5) is 14.6. The molecule has 4 rings (SSSR count). The lowest BCUT2D eigenvalue weighted by Gasteiger charge is -2.26. The van der Waals surface area contributed by atoms with E-state index in [4.69, 9.17) is 16.3 Å². The largest absolute Gasteiger partial charge is 0.376 e. The van der Waals surface area contributed by atoms with Gasteiger partial charge in [0.15, 0.2) is 20.8 Å². The second-order valence-corrected chi connectivity index (χ2v) is 11.7. The topological polar surface area (TPSA) is 94.4 Å². The van der Waals surface area contributed by atoms with Crippen LogP contribution in [0.25, 0.3) is 11.4 Å². The molecule has 2 aliphatic rings. The van der Waals surface area contributed by atoms with Gasteiger partial charge in [0.25, 0.3) is 0 Å². The van der Waals surface area contributed by atoms with Gasteiger partial charge in [-0.05, 0) is 50.5 Å². The highest BCUT2D eigenvalue weighted by molar-refractivity contribution is 7.99. The van der Waals surface area contributed by atoms with Crippen LogP contribution in [0.4, 0.5) is 0 Å². The number of hydrogen-bond acceptors (Lipinski definition) is 7. The molecule has 0 bridgehead atoms. The molecule has 2 fully saturated rings. The number of carbonyl (C=O) groups is 1. The number of benzene rings is 1. The van der Waals surface area contributed by atoms with Crippen LogP contribution < -0.4 is 0 Å². The first-order valence-corrected chi connectivity index (χ1v) is 14.0. The van der Waals surface area contributed by atoms with Crippen LogP contribution in [0.3, 0.4) is 0 Å². The summed E-state index contributed by atoms with van der Waals surface area (Å²) in [6, 6.07) is 7.18. The van der Waals surface area contributed by atoms with E-state index >= 15 is 0 Å². The van der Waals surface area contributed by atoms with E-state index in [1.165, 1.54) is 11.8 Å². The van der Waals surface area contributed by atoms with E-state index in [1.807, 2.05) is 35.8 Å². The monoisotopic (exact) mass is 498 g/mol. The molecule has 8 nitrogen and oxygen atoms in total. The van der Waals surface area contributed by atoms with Gasteiger partial charge in [0.1, 0.15) is 0 Å². The lowest BCUT2D eigenvalue weighted by molar-refractivity contribution is -0.129. The van der Waals surface area contributed by atoms with Gasteiger partial charge in [-0.2, -0.15) is 0 Å². The molecule has 2 aliphatic heterocycles. The Hall–Kier alpha value is -1.62. The van der Waals surface area contributed by atoms with E-state index in [1.54, 1.807) is 4.90 Å². The van der Waals surface area contributed by atoms with Crippen LogP contribution in [0, 0.1) is 0 Å². The maximum Gasteiger partial charge on any atom is 0.233 e. The first kappa shape index (κ1) is 23.5.